The maximum absolute atomic E-state index is 9.77. The van der Waals surface area contributed by atoms with E-state index in [2.05, 4.69) is 43.9 Å². The first kappa shape index (κ1) is 16.6. The van der Waals surface area contributed by atoms with Crippen molar-refractivity contribution in [3.05, 3.63) is 72.8 Å². The Morgan fingerprint density at radius 3 is 2.25 bits per heavy atom. The summed E-state index contributed by atoms with van der Waals surface area (Å²) in [6.07, 6.45) is 1.69. The van der Waals surface area contributed by atoms with Crippen molar-refractivity contribution in [2.45, 2.75) is 13.5 Å². The van der Waals surface area contributed by atoms with E-state index in [1.807, 2.05) is 43.3 Å². The van der Waals surface area contributed by atoms with E-state index in [1.54, 1.807) is 10.8 Å². The second kappa shape index (κ2) is 6.58. The predicted octanol–water partition coefficient (Wildman–Crippen LogP) is 3.71. The SMILES string of the molecule is Cc1nc2c3c(-c4ccccc4)c(-c4ccccc4)n(CCO)c3ncn2n1. The van der Waals surface area contributed by atoms with Gasteiger partial charge in [-0.2, -0.15) is 5.10 Å². The number of hydrogen-bond acceptors (Lipinski definition) is 4. The molecule has 2 aromatic carbocycles. The van der Waals surface area contributed by atoms with E-state index in [-0.39, 0.29) is 6.61 Å². The summed E-state index contributed by atoms with van der Waals surface area (Å²) in [5.41, 5.74) is 5.81. The summed E-state index contributed by atoms with van der Waals surface area (Å²) in [4.78, 5) is 9.36. The van der Waals surface area contributed by atoms with Gasteiger partial charge in [0, 0.05) is 12.1 Å². The molecule has 5 aromatic rings. The van der Waals surface area contributed by atoms with Crippen LogP contribution in [-0.2, 0) is 6.54 Å². The van der Waals surface area contributed by atoms with Gasteiger partial charge in [-0.25, -0.2) is 14.5 Å². The zero-order valence-electron chi connectivity index (χ0n) is 15.4. The molecule has 0 atom stereocenters. The van der Waals surface area contributed by atoms with Gasteiger partial charge in [-0.1, -0.05) is 60.7 Å². The Morgan fingerprint density at radius 2 is 1.57 bits per heavy atom. The molecule has 0 radical (unpaired) electrons. The molecule has 0 bridgehead atoms. The Morgan fingerprint density at radius 1 is 0.893 bits per heavy atom. The molecule has 5 rings (SSSR count). The van der Waals surface area contributed by atoms with Crippen molar-refractivity contribution in [3.63, 3.8) is 0 Å². The van der Waals surface area contributed by atoms with Crippen LogP contribution in [0.1, 0.15) is 5.82 Å². The van der Waals surface area contributed by atoms with Gasteiger partial charge in [0.1, 0.15) is 17.8 Å². The molecule has 0 aliphatic carbocycles. The van der Waals surface area contributed by atoms with Gasteiger partial charge in [0.2, 0.25) is 0 Å². The highest BCUT2D eigenvalue weighted by Crippen LogP contribution is 2.41. The molecule has 0 fully saturated rings. The van der Waals surface area contributed by atoms with E-state index in [4.69, 9.17) is 0 Å². The van der Waals surface area contributed by atoms with Crippen LogP contribution >= 0.6 is 0 Å². The number of benzene rings is 2. The topological polar surface area (TPSA) is 68.2 Å². The highest BCUT2D eigenvalue weighted by molar-refractivity contribution is 6.09. The number of aromatic nitrogens is 5. The van der Waals surface area contributed by atoms with Crippen LogP contribution in [0.25, 0.3) is 39.1 Å². The van der Waals surface area contributed by atoms with Crippen molar-refractivity contribution < 1.29 is 5.11 Å². The Labute approximate surface area is 161 Å². The Bertz CT molecular complexity index is 1270. The number of nitrogens with zero attached hydrogens (tertiary/aromatic N) is 5. The number of aryl methyl sites for hydroxylation is 1. The van der Waals surface area contributed by atoms with Crippen LogP contribution in [0.4, 0.5) is 0 Å². The molecule has 0 aliphatic rings. The van der Waals surface area contributed by atoms with E-state index < -0.39 is 0 Å². The van der Waals surface area contributed by atoms with Gasteiger partial charge in [-0.15, -0.1) is 0 Å². The second-order valence-electron chi connectivity index (χ2n) is 6.70. The summed E-state index contributed by atoms with van der Waals surface area (Å²) >= 11 is 0. The molecule has 6 heteroatoms. The number of aliphatic hydroxyl groups is 1. The van der Waals surface area contributed by atoms with Crippen LogP contribution in [0.2, 0.25) is 0 Å². The van der Waals surface area contributed by atoms with E-state index >= 15 is 0 Å². The van der Waals surface area contributed by atoms with Crippen LogP contribution in [0.5, 0.6) is 0 Å². The lowest BCUT2D eigenvalue weighted by atomic mass is 9.99. The fourth-order valence-electron chi connectivity index (χ4n) is 3.84. The highest BCUT2D eigenvalue weighted by atomic mass is 16.3. The molecule has 3 aromatic heterocycles. The molecule has 138 valence electrons. The standard InChI is InChI=1S/C22H19N5O/c1-15-24-22-19-18(16-8-4-2-5-9-16)20(17-10-6-3-7-11-17)26(12-13-28)21(19)23-14-27(22)25-15/h2-11,14,28H,12-13H2,1H3. The van der Waals surface area contributed by atoms with Crippen molar-refractivity contribution in [1.29, 1.82) is 0 Å². The van der Waals surface area contributed by atoms with E-state index in [9.17, 15) is 5.11 Å². The van der Waals surface area contributed by atoms with Gasteiger partial charge in [0.15, 0.2) is 5.65 Å². The van der Waals surface area contributed by atoms with E-state index in [0.717, 1.165) is 39.1 Å². The molecular formula is C22H19N5O. The summed E-state index contributed by atoms with van der Waals surface area (Å²) in [5.74, 6) is 0.699. The summed E-state index contributed by atoms with van der Waals surface area (Å²) in [6, 6.07) is 20.5. The lowest BCUT2D eigenvalue weighted by molar-refractivity contribution is 0.278. The van der Waals surface area contributed by atoms with Gasteiger partial charge in [-0.3, -0.25) is 0 Å². The van der Waals surface area contributed by atoms with E-state index in [0.29, 0.717) is 12.4 Å². The first-order valence-electron chi connectivity index (χ1n) is 9.24. The molecule has 1 N–H and O–H groups in total. The largest absolute Gasteiger partial charge is 0.395 e. The van der Waals surface area contributed by atoms with Crippen LogP contribution in [0, 0.1) is 6.92 Å². The number of aliphatic hydroxyl groups excluding tert-OH is 1. The Kier molecular flexibility index (Phi) is 3.91. The average Bonchev–Trinajstić information content (AvgIpc) is 3.27. The van der Waals surface area contributed by atoms with Crippen molar-refractivity contribution >= 4 is 16.7 Å². The van der Waals surface area contributed by atoms with Gasteiger partial charge < -0.3 is 9.67 Å². The van der Waals surface area contributed by atoms with Crippen LogP contribution in [0.3, 0.4) is 0 Å². The molecule has 28 heavy (non-hydrogen) atoms. The molecule has 0 saturated carbocycles. The fourth-order valence-corrected chi connectivity index (χ4v) is 3.84. The lowest BCUT2D eigenvalue weighted by Crippen LogP contribution is -2.05. The molecule has 0 spiro atoms. The Balaban J connectivity index is 2.01. The minimum atomic E-state index is 0.0242. The normalized spacial score (nSPS) is 11.5. The maximum Gasteiger partial charge on any atom is 0.169 e. The summed E-state index contributed by atoms with van der Waals surface area (Å²) < 4.78 is 3.80. The van der Waals surface area contributed by atoms with Gasteiger partial charge in [0.25, 0.3) is 0 Å². The number of fused-ring (bicyclic) bond motifs is 3. The first-order chi connectivity index (χ1) is 13.8. The van der Waals surface area contributed by atoms with Crippen LogP contribution in [0.15, 0.2) is 67.0 Å². The molecule has 0 aliphatic heterocycles. The van der Waals surface area contributed by atoms with Crippen molar-refractivity contribution in [1.82, 2.24) is 24.1 Å². The van der Waals surface area contributed by atoms with Crippen LogP contribution < -0.4 is 0 Å². The van der Waals surface area contributed by atoms with E-state index in [1.165, 1.54) is 0 Å². The quantitative estimate of drug-likeness (QED) is 0.524. The van der Waals surface area contributed by atoms with Crippen molar-refractivity contribution in [3.8, 4) is 22.4 Å². The van der Waals surface area contributed by atoms with Gasteiger partial charge >= 0.3 is 0 Å². The number of rotatable bonds is 4. The van der Waals surface area contributed by atoms with Crippen molar-refractivity contribution in [2.75, 3.05) is 6.61 Å². The third-order valence-electron chi connectivity index (χ3n) is 4.92. The molecule has 6 nitrogen and oxygen atoms in total. The minimum Gasteiger partial charge on any atom is -0.395 e. The smallest absolute Gasteiger partial charge is 0.169 e. The Hall–Kier alpha value is -3.51. The zero-order valence-corrected chi connectivity index (χ0v) is 15.4. The lowest BCUT2D eigenvalue weighted by Gasteiger charge is -2.11. The number of hydrogen-bond donors (Lipinski definition) is 1. The highest BCUT2D eigenvalue weighted by Gasteiger charge is 2.24. The van der Waals surface area contributed by atoms with Crippen LogP contribution in [-0.4, -0.2) is 35.9 Å². The minimum absolute atomic E-state index is 0.0242. The zero-order chi connectivity index (χ0) is 19.1. The van der Waals surface area contributed by atoms with Crippen molar-refractivity contribution in [2.24, 2.45) is 0 Å². The average molecular weight is 369 g/mol. The molecule has 0 amide bonds. The third-order valence-corrected chi connectivity index (χ3v) is 4.92. The first-order valence-corrected chi connectivity index (χ1v) is 9.24. The summed E-state index contributed by atoms with van der Waals surface area (Å²) in [6.45, 7) is 2.35. The fraction of sp³-hybridized carbons (Fsp3) is 0.136. The summed E-state index contributed by atoms with van der Waals surface area (Å²) in [7, 11) is 0. The van der Waals surface area contributed by atoms with Gasteiger partial charge in [0.05, 0.1) is 17.7 Å². The summed E-state index contributed by atoms with van der Waals surface area (Å²) in [5, 5.41) is 15.2. The molecule has 0 saturated heterocycles. The monoisotopic (exact) mass is 369 g/mol. The second-order valence-corrected chi connectivity index (χ2v) is 6.70. The molecule has 3 heterocycles. The predicted molar refractivity (Wildman–Crippen MR) is 109 cm³/mol. The third kappa shape index (κ3) is 2.50. The molecule has 0 unspecified atom stereocenters. The van der Waals surface area contributed by atoms with Gasteiger partial charge in [-0.05, 0) is 18.1 Å². The maximum atomic E-state index is 9.77. The molecular weight excluding hydrogens is 350 g/mol.